The Morgan fingerprint density at radius 2 is 1.83 bits per heavy atom. The highest BCUT2D eigenvalue weighted by Gasteiger charge is 2.31. The Balaban J connectivity index is 1.24. The number of amides is 1. The van der Waals surface area contributed by atoms with Crippen molar-refractivity contribution in [2.24, 2.45) is 0 Å². The van der Waals surface area contributed by atoms with Crippen LogP contribution in [-0.2, 0) is 16.0 Å². The number of thioether (sulfide) groups is 1. The van der Waals surface area contributed by atoms with Gasteiger partial charge in [0, 0.05) is 43.5 Å². The second kappa shape index (κ2) is 14.9. The zero-order valence-corrected chi connectivity index (χ0v) is 27.1. The molecule has 0 radical (unpaired) electrons. The monoisotopic (exact) mass is 667 g/mol. The normalized spacial score (nSPS) is 16.2. The predicted octanol–water partition coefficient (Wildman–Crippen LogP) is 5.25. The van der Waals surface area contributed by atoms with Crippen molar-refractivity contribution in [1.82, 2.24) is 19.8 Å². The predicted molar refractivity (Wildman–Crippen MR) is 187 cm³/mol. The molecule has 3 aromatic carbocycles. The number of benzene rings is 3. The molecule has 0 saturated carbocycles. The SMILES string of the molecule is Nc1ccnc(-c2cccc(-c3cc(C=C4SC(=S)N(CCc5ccc(C(=O)O)cc5)C4=O)ccc3OCCN3CCOCC3)c2)n1. The summed E-state index contributed by atoms with van der Waals surface area (Å²) in [4.78, 5) is 37.8. The number of nitrogens with two attached hydrogens (primary N) is 1. The van der Waals surface area contributed by atoms with Gasteiger partial charge in [-0.05, 0) is 65.6 Å². The zero-order valence-electron chi connectivity index (χ0n) is 25.5. The van der Waals surface area contributed by atoms with E-state index in [9.17, 15) is 9.59 Å². The van der Waals surface area contributed by atoms with Gasteiger partial charge in [0.15, 0.2) is 5.82 Å². The Kier molecular flexibility index (Phi) is 10.2. The van der Waals surface area contributed by atoms with Crippen molar-refractivity contribution in [1.29, 1.82) is 0 Å². The molecular weight excluding hydrogens is 635 g/mol. The van der Waals surface area contributed by atoms with Gasteiger partial charge in [-0.3, -0.25) is 14.6 Å². The number of hydrogen-bond acceptors (Lipinski definition) is 10. The summed E-state index contributed by atoms with van der Waals surface area (Å²) in [5, 5.41) is 9.15. The van der Waals surface area contributed by atoms with E-state index in [2.05, 4.69) is 14.9 Å². The Bertz CT molecular complexity index is 1830. The number of anilines is 1. The first-order valence-corrected chi connectivity index (χ1v) is 16.4. The van der Waals surface area contributed by atoms with E-state index in [1.807, 2.05) is 48.5 Å². The fourth-order valence-corrected chi connectivity index (χ4v) is 6.64. The van der Waals surface area contributed by atoms with Crippen molar-refractivity contribution in [2.45, 2.75) is 6.42 Å². The van der Waals surface area contributed by atoms with Crippen LogP contribution in [0.4, 0.5) is 5.82 Å². The van der Waals surface area contributed by atoms with Crippen molar-refractivity contribution < 1.29 is 24.2 Å². The molecule has 0 spiro atoms. The topological polar surface area (TPSA) is 131 Å². The van der Waals surface area contributed by atoms with Crippen LogP contribution in [0.1, 0.15) is 21.5 Å². The second-order valence-corrected chi connectivity index (χ2v) is 12.7. The molecule has 2 fully saturated rings. The van der Waals surface area contributed by atoms with Crippen molar-refractivity contribution in [3.8, 4) is 28.3 Å². The third-order valence-electron chi connectivity index (χ3n) is 7.88. The molecule has 12 heteroatoms. The van der Waals surface area contributed by atoms with E-state index in [4.69, 9.17) is 32.5 Å². The average Bonchev–Trinajstić information content (AvgIpc) is 3.35. The maximum absolute atomic E-state index is 13.4. The van der Waals surface area contributed by atoms with E-state index >= 15 is 0 Å². The summed E-state index contributed by atoms with van der Waals surface area (Å²) in [5.74, 6) is 0.512. The minimum atomic E-state index is -0.975. The lowest BCUT2D eigenvalue weighted by Gasteiger charge is -2.26. The van der Waals surface area contributed by atoms with E-state index in [1.165, 1.54) is 11.8 Å². The van der Waals surface area contributed by atoms with Gasteiger partial charge in [-0.15, -0.1) is 0 Å². The first kappa shape index (κ1) is 32.3. The van der Waals surface area contributed by atoms with Gasteiger partial charge in [-0.1, -0.05) is 60.4 Å². The molecular formula is C35H33N5O5S2. The van der Waals surface area contributed by atoms with Gasteiger partial charge >= 0.3 is 5.97 Å². The first-order valence-electron chi connectivity index (χ1n) is 15.2. The molecule has 3 N–H and O–H groups in total. The fraction of sp³-hybridized carbons (Fsp3) is 0.229. The van der Waals surface area contributed by atoms with Crippen LogP contribution in [0.5, 0.6) is 5.75 Å². The minimum absolute atomic E-state index is 0.157. The van der Waals surface area contributed by atoms with Gasteiger partial charge in [0.1, 0.15) is 22.5 Å². The Morgan fingerprint density at radius 1 is 1.04 bits per heavy atom. The van der Waals surface area contributed by atoms with E-state index < -0.39 is 5.97 Å². The number of carboxylic acids is 1. The van der Waals surface area contributed by atoms with E-state index in [0.717, 1.165) is 66.4 Å². The maximum atomic E-state index is 13.4. The largest absolute Gasteiger partial charge is 0.492 e. The molecule has 10 nitrogen and oxygen atoms in total. The smallest absolute Gasteiger partial charge is 0.335 e. The molecule has 2 aliphatic heterocycles. The number of aromatic nitrogens is 2. The van der Waals surface area contributed by atoms with Crippen LogP contribution in [0, 0.1) is 0 Å². The average molecular weight is 668 g/mol. The number of carboxylic acid groups (broad SMARTS) is 1. The molecule has 2 aliphatic rings. The summed E-state index contributed by atoms with van der Waals surface area (Å²) in [6, 6.07) is 22.1. The number of morpholine rings is 1. The molecule has 4 aromatic rings. The lowest BCUT2D eigenvalue weighted by molar-refractivity contribution is -0.122. The van der Waals surface area contributed by atoms with Crippen LogP contribution in [0.3, 0.4) is 0 Å². The zero-order chi connectivity index (χ0) is 32.8. The summed E-state index contributed by atoms with van der Waals surface area (Å²) in [6.07, 6.45) is 4.04. The van der Waals surface area contributed by atoms with Crippen LogP contribution in [-0.4, -0.2) is 87.1 Å². The number of hydrogen-bond donors (Lipinski definition) is 2. The molecule has 0 unspecified atom stereocenters. The molecule has 6 rings (SSSR count). The highest BCUT2D eigenvalue weighted by Crippen LogP contribution is 2.37. The lowest BCUT2D eigenvalue weighted by Crippen LogP contribution is -2.38. The summed E-state index contributed by atoms with van der Waals surface area (Å²) < 4.78 is 12.3. The maximum Gasteiger partial charge on any atom is 0.335 e. The molecule has 3 heterocycles. The number of thiocarbonyl (C=S) groups is 1. The molecule has 1 aromatic heterocycles. The van der Waals surface area contributed by atoms with Crippen molar-refractivity contribution >= 4 is 52.1 Å². The summed E-state index contributed by atoms with van der Waals surface area (Å²) in [6.45, 7) is 4.92. The Morgan fingerprint density at radius 3 is 2.60 bits per heavy atom. The fourth-order valence-electron chi connectivity index (χ4n) is 5.33. The third-order valence-corrected chi connectivity index (χ3v) is 9.26. The Hall–Kier alpha value is -4.62. The van der Waals surface area contributed by atoms with Crippen molar-refractivity contribution in [2.75, 3.05) is 51.7 Å². The molecule has 2 saturated heterocycles. The quantitative estimate of drug-likeness (QED) is 0.161. The van der Waals surface area contributed by atoms with Crippen LogP contribution < -0.4 is 10.5 Å². The van der Waals surface area contributed by atoms with Gasteiger partial charge in [0.25, 0.3) is 5.91 Å². The van der Waals surface area contributed by atoms with Crippen LogP contribution >= 0.6 is 24.0 Å². The van der Waals surface area contributed by atoms with E-state index in [1.54, 1.807) is 41.4 Å². The first-order chi connectivity index (χ1) is 22.8. The van der Waals surface area contributed by atoms with Gasteiger partial charge in [-0.25, -0.2) is 14.8 Å². The summed E-state index contributed by atoms with van der Waals surface area (Å²) >= 11 is 6.84. The van der Waals surface area contributed by atoms with E-state index in [0.29, 0.717) is 40.4 Å². The standard InChI is InChI=1S/C35H33N5O5S2/c36-31-10-12-37-32(38-31)27-3-1-2-26(22-27)28-20-24(6-9-29(28)45-19-16-39-14-17-44-18-15-39)21-30-33(41)40(35(46)47-30)13-11-23-4-7-25(8-5-23)34(42)43/h1-10,12,20-22H,11,13-19H2,(H,42,43)(H2,36,37,38). The highest BCUT2D eigenvalue weighted by molar-refractivity contribution is 8.26. The number of rotatable bonds is 11. The van der Waals surface area contributed by atoms with Crippen LogP contribution in [0.25, 0.3) is 28.6 Å². The highest BCUT2D eigenvalue weighted by atomic mass is 32.2. The molecule has 0 bridgehead atoms. The number of nitrogen functional groups attached to an aromatic ring is 1. The van der Waals surface area contributed by atoms with Gasteiger partial charge < -0.3 is 20.3 Å². The number of nitrogens with zero attached hydrogens (tertiary/aromatic N) is 4. The van der Waals surface area contributed by atoms with Crippen LogP contribution in [0.2, 0.25) is 0 Å². The van der Waals surface area contributed by atoms with Crippen molar-refractivity contribution in [3.63, 3.8) is 0 Å². The van der Waals surface area contributed by atoms with E-state index in [-0.39, 0.29) is 11.5 Å². The molecule has 0 atom stereocenters. The molecule has 47 heavy (non-hydrogen) atoms. The minimum Gasteiger partial charge on any atom is -0.492 e. The van der Waals surface area contributed by atoms with Crippen molar-refractivity contribution in [3.05, 3.63) is 101 Å². The van der Waals surface area contributed by atoms with Gasteiger partial charge in [0.05, 0.1) is 23.7 Å². The third kappa shape index (κ3) is 8.03. The second-order valence-electron chi connectivity index (χ2n) is 11.0. The molecule has 1 amide bonds. The number of aromatic carboxylic acids is 1. The summed E-state index contributed by atoms with van der Waals surface area (Å²) in [7, 11) is 0. The lowest BCUT2D eigenvalue weighted by atomic mass is 9.99. The summed E-state index contributed by atoms with van der Waals surface area (Å²) in [5.41, 5.74) is 10.5. The number of carbonyl (C=O) groups is 2. The van der Waals surface area contributed by atoms with Gasteiger partial charge in [-0.2, -0.15) is 0 Å². The van der Waals surface area contributed by atoms with Gasteiger partial charge in [0.2, 0.25) is 0 Å². The Labute approximate surface area is 282 Å². The number of carbonyl (C=O) groups excluding carboxylic acids is 1. The van der Waals surface area contributed by atoms with Crippen LogP contribution in [0.15, 0.2) is 83.9 Å². The number of ether oxygens (including phenoxy) is 2. The molecule has 0 aliphatic carbocycles. The molecule has 240 valence electrons.